The molecule has 0 aliphatic rings. The molecular weight excluding hydrogens is 228 g/mol. The van der Waals surface area contributed by atoms with Crippen LogP contribution in [0.5, 0.6) is 0 Å². The molecule has 0 unspecified atom stereocenters. The molecule has 0 aromatic carbocycles. The topological polar surface area (TPSA) is 63.0 Å². The summed E-state index contributed by atoms with van der Waals surface area (Å²) in [5.74, 6) is 0.611. The Balaban J connectivity index is 2.53. The molecule has 0 spiro atoms. The predicted octanol–water partition coefficient (Wildman–Crippen LogP) is 2.95. The minimum Gasteiger partial charge on any atom is -0.407 e. The second-order valence-electron chi connectivity index (χ2n) is 6.36. The third-order valence-corrected chi connectivity index (χ3v) is 2.56. The fourth-order valence-electron chi connectivity index (χ4n) is 1.69. The Morgan fingerprint density at radius 2 is 1.78 bits per heavy atom. The first-order chi connectivity index (χ1) is 8.22. The monoisotopic (exact) mass is 254 g/mol. The molecule has 1 rings (SSSR count). The Morgan fingerprint density at radius 3 is 2.33 bits per heavy atom. The van der Waals surface area contributed by atoms with Crippen molar-refractivity contribution in [3.8, 4) is 0 Å². The highest BCUT2D eigenvalue weighted by Gasteiger charge is 2.19. The Hall–Kier alpha value is -1.10. The first kappa shape index (κ1) is 15.0. The van der Waals surface area contributed by atoms with Gasteiger partial charge in [0, 0.05) is 11.1 Å². The van der Waals surface area contributed by atoms with Crippen LogP contribution in [0.4, 0.5) is 6.01 Å². The number of rotatable bonds is 6. The van der Waals surface area contributed by atoms with Gasteiger partial charge < -0.3 is 15.1 Å². The van der Waals surface area contributed by atoms with Crippen LogP contribution in [0.2, 0.25) is 0 Å². The van der Waals surface area contributed by atoms with Crippen LogP contribution in [0.1, 0.15) is 60.3 Å². The van der Waals surface area contributed by atoms with Gasteiger partial charge >= 0.3 is 6.01 Å². The van der Waals surface area contributed by atoms with E-state index in [0.717, 1.165) is 12.8 Å². The van der Waals surface area contributed by atoms with Crippen molar-refractivity contribution in [3.05, 3.63) is 5.89 Å². The van der Waals surface area contributed by atoms with Crippen molar-refractivity contribution >= 4 is 6.01 Å². The van der Waals surface area contributed by atoms with E-state index in [1.807, 2.05) is 0 Å². The van der Waals surface area contributed by atoms with Crippen molar-refractivity contribution in [1.29, 1.82) is 0 Å². The van der Waals surface area contributed by atoms with Gasteiger partial charge in [0.25, 0.3) is 0 Å². The van der Waals surface area contributed by atoms with E-state index in [1.165, 1.54) is 0 Å². The minimum atomic E-state index is -0.0178. The van der Waals surface area contributed by atoms with Crippen LogP contribution >= 0.6 is 0 Å². The van der Waals surface area contributed by atoms with Gasteiger partial charge in [0.1, 0.15) is 0 Å². The molecule has 104 valence electrons. The molecule has 0 saturated carbocycles. The Morgan fingerprint density at radius 1 is 1.11 bits per heavy atom. The first-order valence-corrected chi connectivity index (χ1v) is 6.57. The van der Waals surface area contributed by atoms with Gasteiger partial charge in [-0.05, 0) is 41.0 Å². The molecule has 0 aliphatic heterocycles. The lowest BCUT2D eigenvalue weighted by Gasteiger charge is -2.24. The van der Waals surface area contributed by atoms with Crippen LogP contribution in [0.3, 0.4) is 0 Å². The average molecular weight is 254 g/mol. The molecule has 5 heteroatoms. The Kier molecular flexibility index (Phi) is 4.73. The maximum atomic E-state index is 5.57. The summed E-state index contributed by atoms with van der Waals surface area (Å²) >= 11 is 0. The van der Waals surface area contributed by atoms with Crippen molar-refractivity contribution in [2.24, 2.45) is 0 Å². The number of nitrogens with zero attached hydrogens (tertiary/aromatic N) is 2. The summed E-state index contributed by atoms with van der Waals surface area (Å²) in [6.07, 6.45) is 2.18. The lowest BCUT2D eigenvalue weighted by atomic mass is 9.99. The van der Waals surface area contributed by atoms with Crippen molar-refractivity contribution in [3.63, 3.8) is 0 Å². The normalized spacial score (nSPS) is 12.8. The second-order valence-corrected chi connectivity index (χ2v) is 6.36. The van der Waals surface area contributed by atoms with Gasteiger partial charge in [0.15, 0.2) is 0 Å². The van der Waals surface area contributed by atoms with Crippen molar-refractivity contribution < 1.29 is 4.42 Å². The van der Waals surface area contributed by atoms with Gasteiger partial charge in [-0.3, -0.25) is 0 Å². The van der Waals surface area contributed by atoms with Crippen LogP contribution in [0.25, 0.3) is 0 Å². The zero-order chi connectivity index (χ0) is 13.8. The molecule has 1 heterocycles. The minimum absolute atomic E-state index is 0.0178. The quantitative estimate of drug-likeness (QED) is 0.817. The number of anilines is 1. The largest absolute Gasteiger partial charge is 0.407 e. The number of nitrogens with one attached hydrogen (secondary N) is 2. The third kappa shape index (κ3) is 5.49. The molecule has 0 saturated heterocycles. The Bertz CT molecular complexity index is 365. The standard InChI is InChI=1S/C13H26N4O/c1-7-8-13(5,6)15-11-17-16-10(18-11)9-14-12(2,3)4/h14H,7-9H2,1-6H3,(H,15,17). The molecule has 0 atom stereocenters. The van der Waals surface area contributed by atoms with Crippen molar-refractivity contribution in [2.75, 3.05) is 5.32 Å². The van der Waals surface area contributed by atoms with E-state index in [2.05, 4.69) is 62.4 Å². The van der Waals surface area contributed by atoms with Crippen molar-refractivity contribution in [2.45, 2.75) is 72.0 Å². The van der Waals surface area contributed by atoms with E-state index in [4.69, 9.17) is 4.42 Å². The van der Waals surface area contributed by atoms with Crippen LogP contribution < -0.4 is 10.6 Å². The smallest absolute Gasteiger partial charge is 0.315 e. The zero-order valence-electron chi connectivity index (χ0n) is 12.4. The number of hydrogen-bond acceptors (Lipinski definition) is 5. The molecule has 0 amide bonds. The molecule has 2 N–H and O–H groups in total. The van der Waals surface area contributed by atoms with E-state index in [9.17, 15) is 0 Å². The van der Waals surface area contributed by atoms with Crippen LogP contribution in [-0.2, 0) is 6.54 Å². The molecule has 0 fully saturated rings. The van der Waals surface area contributed by atoms with Gasteiger partial charge in [0.2, 0.25) is 5.89 Å². The highest BCUT2D eigenvalue weighted by Crippen LogP contribution is 2.18. The average Bonchev–Trinajstić information content (AvgIpc) is 2.60. The lowest BCUT2D eigenvalue weighted by Crippen LogP contribution is -2.35. The maximum absolute atomic E-state index is 5.57. The fourth-order valence-corrected chi connectivity index (χ4v) is 1.69. The third-order valence-electron chi connectivity index (χ3n) is 2.56. The SMILES string of the molecule is CCCC(C)(C)Nc1nnc(CNC(C)(C)C)o1. The Labute approximate surface area is 110 Å². The molecule has 5 nitrogen and oxygen atoms in total. The number of aromatic nitrogens is 2. The fraction of sp³-hybridized carbons (Fsp3) is 0.846. The highest BCUT2D eigenvalue weighted by atomic mass is 16.4. The molecule has 18 heavy (non-hydrogen) atoms. The van der Waals surface area contributed by atoms with Crippen LogP contribution in [0.15, 0.2) is 4.42 Å². The molecule has 0 aliphatic carbocycles. The van der Waals surface area contributed by atoms with Gasteiger partial charge in [-0.15, -0.1) is 5.10 Å². The van der Waals surface area contributed by atoms with Crippen LogP contribution in [0, 0.1) is 0 Å². The summed E-state index contributed by atoms with van der Waals surface area (Å²) in [5.41, 5.74) is 0.0273. The van der Waals surface area contributed by atoms with Gasteiger partial charge in [-0.1, -0.05) is 18.4 Å². The lowest BCUT2D eigenvalue weighted by molar-refractivity contribution is 0.380. The van der Waals surface area contributed by atoms with Gasteiger partial charge in [-0.2, -0.15) is 0 Å². The summed E-state index contributed by atoms with van der Waals surface area (Å²) in [5, 5.41) is 14.6. The summed E-state index contributed by atoms with van der Waals surface area (Å²) in [6.45, 7) is 13.3. The molecular formula is C13H26N4O. The summed E-state index contributed by atoms with van der Waals surface area (Å²) < 4.78 is 5.57. The van der Waals surface area contributed by atoms with Gasteiger partial charge in [0.05, 0.1) is 6.54 Å². The summed E-state index contributed by atoms with van der Waals surface area (Å²) in [7, 11) is 0. The first-order valence-electron chi connectivity index (χ1n) is 6.57. The zero-order valence-corrected chi connectivity index (χ0v) is 12.4. The van der Waals surface area contributed by atoms with E-state index in [1.54, 1.807) is 0 Å². The molecule has 0 bridgehead atoms. The predicted molar refractivity (Wildman–Crippen MR) is 73.5 cm³/mol. The van der Waals surface area contributed by atoms with Crippen molar-refractivity contribution in [1.82, 2.24) is 15.5 Å². The van der Waals surface area contributed by atoms with E-state index >= 15 is 0 Å². The van der Waals surface area contributed by atoms with E-state index in [-0.39, 0.29) is 11.1 Å². The molecule has 0 radical (unpaired) electrons. The summed E-state index contributed by atoms with van der Waals surface area (Å²) in [4.78, 5) is 0. The summed E-state index contributed by atoms with van der Waals surface area (Å²) in [6, 6.07) is 0.499. The maximum Gasteiger partial charge on any atom is 0.315 e. The number of hydrogen-bond donors (Lipinski definition) is 2. The molecule has 1 aromatic rings. The van der Waals surface area contributed by atoms with E-state index < -0.39 is 0 Å². The second kappa shape index (κ2) is 5.69. The highest BCUT2D eigenvalue weighted by molar-refractivity contribution is 5.22. The molecule has 1 aromatic heterocycles. The van der Waals surface area contributed by atoms with E-state index in [0.29, 0.717) is 18.5 Å². The van der Waals surface area contributed by atoms with Gasteiger partial charge in [-0.25, -0.2) is 0 Å². The van der Waals surface area contributed by atoms with Crippen LogP contribution in [-0.4, -0.2) is 21.3 Å².